The monoisotopic (exact) mass is 235 g/mol. The molecule has 0 heterocycles. The first-order valence-electron chi connectivity index (χ1n) is 5.94. The summed E-state index contributed by atoms with van der Waals surface area (Å²) in [4.78, 5) is 13.8. The van der Waals surface area contributed by atoms with E-state index in [9.17, 15) is 4.79 Å². The Morgan fingerprint density at radius 2 is 2.12 bits per heavy atom. The standard InChI is InChI=1S/C14H21NO2/c1-5-12-6-7-13(11(2)10-12)14(16)15(3)8-9-17-4/h6-7,10H,5,8-9H2,1-4H3. The van der Waals surface area contributed by atoms with Crippen LogP contribution in [-0.2, 0) is 11.2 Å². The number of amides is 1. The fourth-order valence-electron chi connectivity index (χ4n) is 1.72. The van der Waals surface area contributed by atoms with Crippen LogP contribution in [0.4, 0.5) is 0 Å². The third kappa shape index (κ3) is 3.56. The largest absolute Gasteiger partial charge is 0.383 e. The van der Waals surface area contributed by atoms with Crippen molar-refractivity contribution in [2.24, 2.45) is 0 Å². The number of ether oxygens (including phenoxy) is 1. The van der Waals surface area contributed by atoms with Crippen molar-refractivity contribution in [1.82, 2.24) is 4.90 Å². The smallest absolute Gasteiger partial charge is 0.253 e. The van der Waals surface area contributed by atoms with Gasteiger partial charge in [0.05, 0.1) is 6.61 Å². The molecule has 0 aromatic heterocycles. The lowest BCUT2D eigenvalue weighted by Gasteiger charge is -2.18. The van der Waals surface area contributed by atoms with Gasteiger partial charge >= 0.3 is 0 Å². The number of aryl methyl sites for hydroxylation is 2. The summed E-state index contributed by atoms with van der Waals surface area (Å²) < 4.78 is 4.97. The molecule has 17 heavy (non-hydrogen) atoms. The molecular weight excluding hydrogens is 214 g/mol. The molecule has 1 aromatic rings. The van der Waals surface area contributed by atoms with Crippen molar-refractivity contribution in [1.29, 1.82) is 0 Å². The van der Waals surface area contributed by atoms with Gasteiger partial charge in [0.2, 0.25) is 0 Å². The minimum absolute atomic E-state index is 0.0576. The lowest BCUT2D eigenvalue weighted by atomic mass is 10.0. The van der Waals surface area contributed by atoms with Crippen LogP contribution in [0.1, 0.15) is 28.4 Å². The van der Waals surface area contributed by atoms with Crippen LogP contribution in [0.15, 0.2) is 18.2 Å². The minimum atomic E-state index is 0.0576. The van der Waals surface area contributed by atoms with Crippen molar-refractivity contribution in [2.75, 3.05) is 27.3 Å². The molecule has 0 aliphatic rings. The third-order valence-corrected chi connectivity index (χ3v) is 2.91. The first-order chi connectivity index (χ1) is 8.10. The van der Waals surface area contributed by atoms with E-state index in [1.807, 2.05) is 19.1 Å². The second-order valence-corrected chi connectivity index (χ2v) is 4.22. The van der Waals surface area contributed by atoms with Crippen LogP contribution in [0.2, 0.25) is 0 Å². The summed E-state index contributed by atoms with van der Waals surface area (Å²) in [5, 5.41) is 0. The van der Waals surface area contributed by atoms with Gasteiger partial charge in [0.1, 0.15) is 0 Å². The zero-order valence-electron chi connectivity index (χ0n) is 11.1. The Hall–Kier alpha value is -1.35. The Bertz CT molecular complexity index is 388. The van der Waals surface area contributed by atoms with E-state index >= 15 is 0 Å². The van der Waals surface area contributed by atoms with E-state index in [4.69, 9.17) is 4.74 Å². The Balaban J connectivity index is 2.81. The molecule has 3 heteroatoms. The maximum absolute atomic E-state index is 12.1. The number of hydrogen-bond donors (Lipinski definition) is 0. The number of likely N-dealkylation sites (N-methyl/N-ethyl adjacent to an activating group) is 1. The van der Waals surface area contributed by atoms with Gasteiger partial charge in [-0.15, -0.1) is 0 Å². The van der Waals surface area contributed by atoms with Crippen LogP contribution in [0.3, 0.4) is 0 Å². The van der Waals surface area contributed by atoms with E-state index in [0.29, 0.717) is 13.2 Å². The lowest BCUT2D eigenvalue weighted by Crippen LogP contribution is -2.30. The zero-order valence-corrected chi connectivity index (χ0v) is 11.1. The summed E-state index contributed by atoms with van der Waals surface area (Å²) in [7, 11) is 3.44. The molecule has 94 valence electrons. The fourth-order valence-corrected chi connectivity index (χ4v) is 1.72. The highest BCUT2D eigenvalue weighted by atomic mass is 16.5. The first-order valence-corrected chi connectivity index (χ1v) is 5.94. The highest BCUT2D eigenvalue weighted by Gasteiger charge is 2.13. The molecule has 0 radical (unpaired) electrons. The summed E-state index contributed by atoms with van der Waals surface area (Å²) in [6, 6.07) is 6.02. The van der Waals surface area contributed by atoms with Gasteiger partial charge in [-0.05, 0) is 30.5 Å². The quantitative estimate of drug-likeness (QED) is 0.783. The van der Waals surface area contributed by atoms with Crippen LogP contribution >= 0.6 is 0 Å². The van der Waals surface area contributed by atoms with E-state index in [1.165, 1.54) is 5.56 Å². The van der Waals surface area contributed by atoms with Crippen molar-refractivity contribution < 1.29 is 9.53 Å². The second kappa shape index (κ2) is 6.40. The molecule has 0 aliphatic carbocycles. The van der Waals surface area contributed by atoms with E-state index < -0.39 is 0 Å². The summed E-state index contributed by atoms with van der Waals surface area (Å²) in [5.74, 6) is 0.0576. The summed E-state index contributed by atoms with van der Waals surface area (Å²) in [6.45, 7) is 5.27. The molecule has 1 aromatic carbocycles. The number of rotatable bonds is 5. The molecule has 0 N–H and O–H groups in total. The topological polar surface area (TPSA) is 29.5 Å². The number of carbonyl (C=O) groups is 1. The van der Waals surface area contributed by atoms with Gasteiger partial charge in [0.15, 0.2) is 0 Å². The summed E-state index contributed by atoms with van der Waals surface area (Å²) >= 11 is 0. The highest BCUT2D eigenvalue weighted by Crippen LogP contribution is 2.13. The maximum Gasteiger partial charge on any atom is 0.253 e. The van der Waals surface area contributed by atoms with Gasteiger partial charge in [0, 0.05) is 26.3 Å². The summed E-state index contributed by atoms with van der Waals surface area (Å²) in [5.41, 5.74) is 3.08. The molecule has 0 atom stereocenters. The molecule has 0 aliphatic heterocycles. The van der Waals surface area contributed by atoms with Gasteiger partial charge in [-0.2, -0.15) is 0 Å². The molecule has 3 nitrogen and oxygen atoms in total. The van der Waals surface area contributed by atoms with Crippen LogP contribution in [0, 0.1) is 6.92 Å². The van der Waals surface area contributed by atoms with Crippen molar-refractivity contribution in [3.8, 4) is 0 Å². The fraction of sp³-hybridized carbons (Fsp3) is 0.500. The molecule has 1 rings (SSSR count). The Kier molecular flexibility index (Phi) is 5.16. The molecule has 0 unspecified atom stereocenters. The van der Waals surface area contributed by atoms with Crippen molar-refractivity contribution in [2.45, 2.75) is 20.3 Å². The maximum atomic E-state index is 12.1. The van der Waals surface area contributed by atoms with Gasteiger partial charge in [-0.3, -0.25) is 4.79 Å². The van der Waals surface area contributed by atoms with E-state index in [-0.39, 0.29) is 5.91 Å². The molecule has 0 saturated carbocycles. The SMILES string of the molecule is CCc1ccc(C(=O)N(C)CCOC)c(C)c1. The van der Waals surface area contributed by atoms with Gasteiger partial charge < -0.3 is 9.64 Å². The number of carbonyl (C=O) groups excluding carboxylic acids is 1. The minimum Gasteiger partial charge on any atom is -0.383 e. The third-order valence-electron chi connectivity index (χ3n) is 2.91. The highest BCUT2D eigenvalue weighted by molar-refractivity contribution is 5.95. The predicted octanol–water partition coefficient (Wildman–Crippen LogP) is 2.28. The van der Waals surface area contributed by atoms with Crippen molar-refractivity contribution in [3.63, 3.8) is 0 Å². The van der Waals surface area contributed by atoms with Gasteiger partial charge in [-0.1, -0.05) is 19.1 Å². The Morgan fingerprint density at radius 1 is 1.41 bits per heavy atom. The van der Waals surface area contributed by atoms with E-state index in [0.717, 1.165) is 17.5 Å². The lowest BCUT2D eigenvalue weighted by molar-refractivity contribution is 0.0743. The normalized spacial score (nSPS) is 10.4. The van der Waals surface area contributed by atoms with Crippen molar-refractivity contribution in [3.05, 3.63) is 34.9 Å². The number of benzene rings is 1. The Morgan fingerprint density at radius 3 is 2.65 bits per heavy atom. The molecule has 0 saturated heterocycles. The van der Waals surface area contributed by atoms with Crippen LogP contribution in [0.5, 0.6) is 0 Å². The van der Waals surface area contributed by atoms with Crippen LogP contribution < -0.4 is 0 Å². The molecule has 0 bridgehead atoms. The van der Waals surface area contributed by atoms with E-state index in [1.54, 1.807) is 19.1 Å². The molecule has 0 fully saturated rings. The van der Waals surface area contributed by atoms with E-state index in [2.05, 4.69) is 13.0 Å². The zero-order chi connectivity index (χ0) is 12.8. The second-order valence-electron chi connectivity index (χ2n) is 4.22. The van der Waals surface area contributed by atoms with Gasteiger partial charge in [-0.25, -0.2) is 0 Å². The van der Waals surface area contributed by atoms with Crippen LogP contribution in [-0.4, -0.2) is 38.1 Å². The number of nitrogens with zero attached hydrogens (tertiary/aromatic N) is 1. The average Bonchev–Trinajstić information content (AvgIpc) is 2.34. The molecular formula is C14H21NO2. The molecule has 0 spiro atoms. The summed E-state index contributed by atoms with van der Waals surface area (Å²) in [6.07, 6.45) is 0.995. The average molecular weight is 235 g/mol. The number of hydrogen-bond acceptors (Lipinski definition) is 2. The first kappa shape index (κ1) is 13.7. The molecule has 1 amide bonds. The van der Waals surface area contributed by atoms with Crippen LogP contribution in [0.25, 0.3) is 0 Å². The van der Waals surface area contributed by atoms with Crippen molar-refractivity contribution >= 4 is 5.91 Å². The Labute approximate surface area is 103 Å². The number of methoxy groups -OCH3 is 1. The van der Waals surface area contributed by atoms with Gasteiger partial charge in [0.25, 0.3) is 5.91 Å². The predicted molar refractivity (Wildman–Crippen MR) is 69.4 cm³/mol.